The highest BCUT2D eigenvalue weighted by Crippen LogP contribution is 2.27. The molecular formula is C18H24N6O5. The van der Waals surface area contributed by atoms with Gasteiger partial charge in [-0.2, -0.15) is 5.10 Å². The number of anilines is 1. The zero-order valence-electron chi connectivity index (χ0n) is 16.3. The number of carbonyl (C=O) groups excluding carboxylic acids is 1. The molecule has 0 fully saturated rings. The van der Waals surface area contributed by atoms with Gasteiger partial charge in [-0.1, -0.05) is 19.8 Å². The van der Waals surface area contributed by atoms with Crippen molar-refractivity contribution in [3.8, 4) is 11.5 Å². The number of aromatic nitrogens is 3. The van der Waals surface area contributed by atoms with Crippen LogP contribution in [0.5, 0.6) is 11.5 Å². The smallest absolute Gasteiger partial charge is 0.342 e. The maximum absolute atomic E-state index is 11.8. The number of nitrogens with one attached hydrogen (secondary N) is 4. The Morgan fingerprint density at radius 1 is 1.28 bits per heavy atom. The van der Waals surface area contributed by atoms with Crippen molar-refractivity contribution in [1.29, 1.82) is 0 Å². The summed E-state index contributed by atoms with van der Waals surface area (Å²) in [6.07, 6.45) is 4.65. The van der Waals surface area contributed by atoms with E-state index < -0.39 is 17.2 Å². The topological polar surface area (TPSA) is 151 Å². The zero-order valence-corrected chi connectivity index (χ0v) is 16.3. The maximum Gasteiger partial charge on any atom is 0.342 e. The first-order chi connectivity index (χ1) is 14.0. The van der Waals surface area contributed by atoms with Crippen LogP contribution in [0.3, 0.4) is 0 Å². The number of hydrogen-bond acceptors (Lipinski definition) is 8. The summed E-state index contributed by atoms with van der Waals surface area (Å²) in [5.41, 5.74) is 1.56. The first-order valence-corrected chi connectivity index (χ1v) is 9.09. The van der Waals surface area contributed by atoms with E-state index in [-0.39, 0.29) is 12.4 Å². The summed E-state index contributed by atoms with van der Waals surface area (Å²) >= 11 is 0. The van der Waals surface area contributed by atoms with Crippen LogP contribution in [0.25, 0.3) is 0 Å². The van der Waals surface area contributed by atoms with Gasteiger partial charge in [0.15, 0.2) is 11.5 Å². The van der Waals surface area contributed by atoms with E-state index in [1.165, 1.54) is 6.21 Å². The minimum absolute atomic E-state index is 0.178. The van der Waals surface area contributed by atoms with Gasteiger partial charge in [-0.25, -0.2) is 15.3 Å². The van der Waals surface area contributed by atoms with Crippen LogP contribution in [-0.2, 0) is 4.79 Å². The summed E-state index contributed by atoms with van der Waals surface area (Å²) in [7, 11) is 1.55. The van der Waals surface area contributed by atoms with Gasteiger partial charge in [0.05, 0.1) is 26.5 Å². The summed E-state index contributed by atoms with van der Waals surface area (Å²) in [5, 5.41) is 11.9. The molecule has 0 aliphatic carbocycles. The average Bonchev–Trinajstić information content (AvgIpc) is 2.71. The van der Waals surface area contributed by atoms with E-state index in [0.717, 1.165) is 19.3 Å². The van der Waals surface area contributed by atoms with E-state index in [4.69, 9.17) is 9.47 Å². The second-order valence-corrected chi connectivity index (χ2v) is 5.97. The summed E-state index contributed by atoms with van der Waals surface area (Å²) in [6.45, 7) is 2.49. The van der Waals surface area contributed by atoms with Gasteiger partial charge in [0.2, 0.25) is 5.82 Å². The van der Waals surface area contributed by atoms with Crippen molar-refractivity contribution in [2.24, 2.45) is 5.10 Å². The number of aromatic amines is 2. The Morgan fingerprint density at radius 3 is 2.83 bits per heavy atom. The number of amides is 1. The third-order valence-corrected chi connectivity index (χ3v) is 3.72. The van der Waals surface area contributed by atoms with Gasteiger partial charge in [0.25, 0.3) is 11.5 Å². The normalized spacial score (nSPS) is 10.7. The lowest BCUT2D eigenvalue weighted by molar-refractivity contribution is -0.119. The van der Waals surface area contributed by atoms with Crippen LogP contribution >= 0.6 is 0 Å². The standard InChI is InChI=1S/C18H24N6O5/c1-3-4-5-8-29-13-7-6-12(9-14(13)28-2)10-20-22-15(25)11-19-16-17(26)21-18(27)24-23-16/h6-7,9-10H,3-5,8,11H2,1-2H3,(H,19,23)(H,22,25)(H2,21,24,26,27)/b20-10+. The van der Waals surface area contributed by atoms with Crippen molar-refractivity contribution in [3.05, 3.63) is 44.6 Å². The molecule has 0 saturated heterocycles. The molecule has 11 nitrogen and oxygen atoms in total. The third-order valence-electron chi connectivity index (χ3n) is 3.72. The molecule has 2 aromatic rings. The van der Waals surface area contributed by atoms with Crippen molar-refractivity contribution >= 4 is 17.9 Å². The Labute approximate surface area is 166 Å². The Balaban J connectivity index is 1.86. The first kappa shape index (κ1) is 21.7. The quantitative estimate of drug-likeness (QED) is 0.243. The highest BCUT2D eigenvalue weighted by molar-refractivity contribution is 5.84. The van der Waals surface area contributed by atoms with Gasteiger partial charge in [0.1, 0.15) is 0 Å². The van der Waals surface area contributed by atoms with Crippen molar-refractivity contribution in [1.82, 2.24) is 20.6 Å². The van der Waals surface area contributed by atoms with E-state index >= 15 is 0 Å². The van der Waals surface area contributed by atoms with Crippen LogP contribution in [0.15, 0.2) is 32.9 Å². The summed E-state index contributed by atoms with van der Waals surface area (Å²) in [6, 6.07) is 5.31. The van der Waals surface area contributed by atoms with E-state index in [1.807, 2.05) is 4.98 Å². The summed E-state index contributed by atoms with van der Waals surface area (Å²) in [4.78, 5) is 36.1. The third kappa shape index (κ3) is 7.13. The molecule has 1 heterocycles. The van der Waals surface area contributed by atoms with Crippen LogP contribution in [0, 0.1) is 0 Å². The van der Waals surface area contributed by atoms with Gasteiger partial charge < -0.3 is 14.8 Å². The second kappa shape index (κ2) is 11.3. The van der Waals surface area contributed by atoms with Gasteiger partial charge in [-0.15, -0.1) is 5.10 Å². The Bertz CT molecular complexity index is 952. The van der Waals surface area contributed by atoms with Crippen molar-refractivity contribution in [2.45, 2.75) is 26.2 Å². The number of H-pyrrole nitrogens is 2. The number of hydrogen-bond donors (Lipinski definition) is 4. The maximum atomic E-state index is 11.8. The lowest BCUT2D eigenvalue weighted by atomic mass is 10.2. The molecule has 1 aromatic heterocycles. The van der Waals surface area contributed by atoms with Crippen LogP contribution in [0.4, 0.5) is 5.82 Å². The van der Waals surface area contributed by atoms with Crippen molar-refractivity contribution in [3.63, 3.8) is 0 Å². The van der Waals surface area contributed by atoms with Gasteiger partial charge >= 0.3 is 5.69 Å². The number of rotatable bonds is 11. The second-order valence-electron chi connectivity index (χ2n) is 5.97. The van der Waals surface area contributed by atoms with E-state index in [9.17, 15) is 14.4 Å². The molecule has 0 saturated carbocycles. The fourth-order valence-electron chi connectivity index (χ4n) is 2.27. The highest BCUT2D eigenvalue weighted by atomic mass is 16.5. The molecule has 1 amide bonds. The molecular weight excluding hydrogens is 380 g/mol. The average molecular weight is 404 g/mol. The molecule has 0 radical (unpaired) electrons. The molecule has 2 rings (SSSR count). The molecule has 0 atom stereocenters. The Morgan fingerprint density at radius 2 is 2.10 bits per heavy atom. The summed E-state index contributed by atoms with van der Waals surface area (Å²) < 4.78 is 11.0. The molecule has 0 spiro atoms. The van der Waals surface area contributed by atoms with Gasteiger partial charge in [-0.05, 0) is 30.2 Å². The number of benzene rings is 1. The Kier molecular flexibility index (Phi) is 8.42. The largest absolute Gasteiger partial charge is 0.493 e. The highest BCUT2D eigenvalue weighted by Gasteiger charge is 2.06. The minimum atomic E-state index is -0.734. The predicted octanol–water partition coefficient (Wildman–Crippen LogP) is 0.598. The lowest BCUT2D eigenvalue weighted by Gasteiger charge is -2.11. The predicted molar refractivity (Wildman–Crippen MR) is 108 cm³/mol. The monoisotopic (exact) mass is 404 g/mol. The molecule has 1 aromatic carbocycles. The SMILES string of the molecule is CCCCCOc1ccc(/C=N/NC(=O)CNc2n[nH]c(=O)[nH]c2=O)cc1OC. The lowest BCUT2D eigenvalue weighted by Crippen LogP contribution is -2.31. The van der Waals surface area contributed by atoms with E-state index in [1.54, 1.807) is 25.3 Å². The molecule has 156 valence electrons. The molecule has 0 bridgehead atoms. The number of unbranched alkanes of at least 4 members (excludes halogenated alkanes) is 2. The van der Waals surface area contributed by atoms with Crippen molar-refractivity contribution < 1.29 is 14.3 Å². The number of hydrazone groups is 1. The molecule has 11 heteroatoms. The fourth-order valence-corrected chi connectivity index (χ4v) is 2.27. The van der Waals surface area contributed by atoms with E-state index in [0.29, 0.717) is 23.7 Å². The number of carbonyl (C=O) groups is 1. The number of ether oxygens (including phenoxy) is 2. The van der Waals surface area contributed by atoms with Crippen LogP contribution in [0.1, 0.15) is 31.7 Å². The molecule has 0 aliphatic rings. The van der Waals surface area contributed by atoms with E-state index in [2.05, 4.69) is 33.0 Å². The molecule has 29 heavy (non-hydrogen) atoms. The summed E-state index contributed by atoms with van der Waals surface area (Å²) in [5.74, 6) is 0.536. The Hall–Kier alpha value is -3.63. The first-order valence-electron chi connectivity index (χ1n) is 9.09. The fraction of sp³-hybridized carbons (Fsp3) is 0.389. The minimum Gasteiger partial charge on any atom is -0.493 e. The number of nitrogens with zero attached hydrogens (tertiary/aromatic N) is 2. The van der Waals surface area contributed by atoms with Gasteiger partial charge in [-0.3, -0.25) is 14.6 Å². The van der Waals surface area contributed by atoms with Crippen molar-refractivity contribution in [2.75, 3.05) is 25.6 Å². The molecule has 0 unspecified atom stereocenters. The number of methoxy groups -OCH3 is 1. The molecule has 4 N–H and O–H groups in total. The van der Waals surface area contributed by atoms with Crippen LogP contribution in [0.2, 0.25) is 0 Å². The van der Waals surface area contributed by atoms with Crippen LogP contribution < -0.4 is 31.5 Å². The van der Waals surface area contributed by atoms with Crippen LogP contribution in [-0.4, -0.2) is 47.6 Å². The van der Waals surface area contributed by atoms with Gasteiger partial charge in [0, 0.05) is 0 Å². The molecule has 0 aliphatic heterocycles. The zero-order chi connectivity index (χ0) is 21.1.